The quantitative estimate of drug-likeness (QED) is 0.479. The molecule has 2 rings (SSSR count). The third-order valence-corrected chi connectivity index (χ3v) is 4.27. The highest BCUT2D eigenvalue weighted by atomic mass is 16.5. The van der Waals surface area contributed by atoms with E-state index in [-0.39, 0.29) is 31.6 Å². The SMILES string of the molecule is Cc1cc(C)cc(N(CCC#N)C(=O)COC(=O)CCC(=O)c2ccccc2)c1. The van der Waals surface area contributed by atoms with Gasteiger partial charge in [0.15, 0.2) is 12.4 Å². The first-order valence-corrected chi connectivity index (χ1v) is 9.40. The molecule has 0 aliphatic carbocycles. The number of Topliss-reactive ketones (excluding diaryl/α,β-unsaturated/α-hetero) is 1. The zero-order valence-electron chi connectivity index (χ0n) is 16.7. The summed E-state index contributed by atoms with van der Waals surface area (Å²) >= 11 is 0. The van der Waals surface area contributed by atoms with E-state index in [1.807, 2.05) is 44.2 Å². The normalized spacial score (nSPS) is 10.1. The summed E-state index contributed by atoms with van der Waals surface area (Å²) in [4.78, 5) is 38.1. The first-order chi connectivity index (χ1) is 13.9. The first kappa shape index (κ1) is 21.8. The minimum atomic E-state index is -0.608. The number of carbonyl (C=O) groups excluding carboxylic acids is 3. The Morgan fingerprint density at radius 1 is 1.00 bits per heavy atom. The van der Waals surface area contributed by atoms with E-state index in [1.165, 1.54) is 4.90 Å². The summed E-state index contributed by atoms with van der Waals surface area (Å²) in [6.45, 7) is 3.62. The van der Waals surface area contributed by atoms with Crippen LogP contribution in [0.3, 0.4) is 0 Å². The van der Waals surface area contributed by atoms with Crippen molar-refractivity contribution in [3.05, 3.63) is 65.2 Å². The van der Waals surface area contributed by atoms with Gasteiger partial charge < -0.3 is 9.64 Å². The van der Waals surface area contributed by atoms with Gasteiger partial charge in [-0.15, -0.1) is 0 Å². The van der Waals surface area contributed by atoms with Crippen LogP contribution < -0.4 is 4.90 Å². The van der Waals surface area contributed by atoms with E-state index in [9.17, 15) is 14.4 Å². The second-order valence-corrected chi connectivity index (χ2v) is 6.75. The summed E-state index contributed by atoms with van der Waals surface area (Å²) in [6, 6.07) is 16.4. The van der Waals surface area contributed by atoms with Crippen LogP contribution in [0, 0.1) is 25.2 Å². The molecule has 0 saturated carbocycles. The number of carbonyl (C=O) groups is 3. The number of hydrogen-bond donors (Lipinski definition) is 0. The van der Waals surface area contributed by atoms with E-state index in [4.69, 9.17) is 10.00 Å². The molecule has 6 heteroatoms. The van der Waals surface area contributed by atoms with Gasteiger partial charge in [0.25, 0.3) is 5.91 Å². The van der Waals surface area contributed by atoms with Gasteiger partial charge in [-0.25, -0.2) is 0 Å². The molecule has 0 saturated heterocycles. The minimum absolute atomic E-state index is 0.0201. The van der Waals surface area contributed by atoms with Crippen LogP contribution in [0.5, 0.6) is 0 Å². The maximum Gasteiger partial charge on any atom is 0.306 e. The molecule has 150 valence electrons. The third-order valence-electron chi connectivity index (χ3n) is 4.27. The van der Waals surface area contributed by atoms with Gasteiger partial charge >= 0.3 is 5.97 Å². The predicted octanol–water partition coefficient (Wildman–Crippen LogP) is 3.76. The number of hydrogen-bond acceptors (Lipinski definition) is 5. The number of aryl methyl sites for hydroxylation is 2. The summed E-state index contributed by atoms with van der Waals surface area (Å²) in [7, 11) is 0. The van der Waals surface area contributed by atoms with Crippen molar-refractivity contribution in [3.8, 4) is 6.07 Å². The number of nitriles is 1. The molecule has 2 aromatic rings. The average Bonchev–Trinajstić information content (AvgIpc) is 2.70. The van der Waals surface area contributed by atoms with Crippen molar-refractivity contribution >= 4 is 23.3 Å². The number of rotatable bonds is 9. The fourth-order valence-corrected chi connectivity index (χ4v) is 2.94. The summed E-state index contributed by atoms with van der Waals surface area (Å²) in [5, 5.41) is 8.88. The van der Waals surface area contributed by atoms with Crippen molar-refractivity contribution < 1.29 is 19.1 Å². The van der Waals surface area contributed by atoms with Crippen LogP contribution in [0.4, 0.5) is 5.69 Å². The van der Waals surface area contributed by atoms with Crippen molar-refractivity contribution in [1.82, 2.24) is 0 Å². The number of benzene rings is 2. The fourth-order valence-electron chi connectivity index (χ4n) is 2.94. The smallest absolute Gasteiger partial charge is 0.306 e. The molecule has 2 aromatic carbocycles. The molecule has 1 amide bonds. The Balaban J connectivity index is 1.92. The van der Waals surface area contributed by atoms with Crippen LogP contribution in [0.15, 0.2) is 48.5 Å². The standard InChI is InChI=1S/C23H24N2O4/c1-17-13-18(2)15-20(14-17)25(12-6-11-24)22(27)16-29-23(28)10-9-21(26)19-7-4-3-5-8-19/h3-5,7-8,13-15H,6,9-10,12,16H2,1-2H3. The zero-order valence-corrected chi connectivity index (χ0v) is 16.7. The lowest BCUT2D eigenvalue weighted by atomic mass is 10.1. The zero-order chi connectivity index (χ0) is 21.2. The number of ether oxygens (including phenoxy) is 1. The van der Waals surface area contributed by atoms with Gasteiger partial charge in [-0.2, -0.15) is 5.26 Å². The van der Waals surface area contributed by atoms with Gasteiger partial charge in [-0.05, 0) is 37.1 Å². The molecule has 0 atom stereocenters. The first-order valence-electron chi connectivity index (χ1n) is 9.40. The number of anilines is 1. The van der Waals surface area contributed by atoms with Crippen molar-refractivity contribution in [1.29, 1.82) is 5.26 Å². The molecule has 0 fully saturated rings. The van der Waals surface area contributed by atoms with Crippen molar-refractivity contribution in [2.75, 3.05) is 18.1 Å². The van der Waals surface area contributed by atoms with E-state index in [0.717, 1.165) is 11.1 Å². The molecule has 0 aromatic heterocycles. The molecule has 0 heterocycles. The third kappa shape index (κ3) is 6.89. The molecule has 0 unspecified atom stereocenters. The van der Waals surface area contributed by atoms with Crippen LogP contribution in [-0.4, -0.2) is 30.8 Å². The largest absolute Gasteiger partial charge is 0.456 e. The van der Waals surface area contributed by atoms with Gasteiger partial charge in [0.05, 0.1) is 18.9 Å². The lowest BCUT2D eigenvalue weighted by molar-refractivity contribution is -0.147. The molecular formula is C23H24N2O4. The van der Waals surface area contributed by atoms with E-state index in [2.05, 4.69) is 0 Å². The monoisotopic (exact) mass is 392 g/mol. The van der Waals surface area contributed by atoms with Crippen molar-refractivity contribution in [2.24, 2.45) is 0 Å². The maximum atomic E-state index is 12.6. The topological polar surface area (TPSA) is 87.5 Å². The molecular weight excluding hydrogens is 368 g/mol. The molecule has 0 N–H and O–H groups in total. The van der Waals surface area contributed by atoms with E-state index >= 15 is 0 Å². The lowest BCUT2D eigenvalue weighted by Crippen LogP contribution is -2.35. The Kier molecular flexibility index (Phi) is 8.11. The van der Waals surface area contributed by atoms with Crippen LogP contribution >= 0.6 is 0 Å². The highest BCUT2D eigenvalue weighted by Gasteiger charge is 2.18. The fraction of sp³-hybridized carbons (Fsp3) is 0.304. The summed E-state index contributed by atoms with van der Waals surface area (Å²) < 4.78 is 5.07. The number of nitrogens with zero attached hydrogens (tertiary/aromatic N) is 2. The second-order valence-electron chi connectivity index (χ2n) is 6.75. The Morgan fingerprint density at radius 2 is 1.66 bits per heavy atom. The van der Waals surface area contributed by atoms with E-state index in [1.54, 1.807) is 24.3 Å². The summed E-state index contributed by atoms with van der Waals surface area (Å²) in [6.07, 6.45) is 0.0905. The van der Waals surface area contributed by atoms with E-state index < -0.39 is 18.5 Å². The lowest BCUT2D eigenvalue weighted by Gasteiger charge is -2.22. The van der Waals surface area contributed by atoms with Crippen LogP contribution in [0.25, 0.3) is 0 Å². The van der Waals surface area contributed by atoms with Crippen LogP contribution in [-0.2, 0) is 14.3 Å². The van der Waals surface area contributed by atoms with Gasteiger partial charge in [-0.1, -0.05) is 36.4 Å². The van der Waals surface area contributed by atoms with Crippen LogP contribution in [0.2, 0.25) is 0 Å². The Morgan fingerprint density at radius 3 is 2.28 bits per heavy atom. The Bertz CT molecular complexity index is 896. The minimum Gasteiger partial charge on any atom is -0.456 e. The average molecular weight is 392 g/mol. The van der Waals surface area contributed by atoms with Gasteiger partial charge in [0.1, 0.15) is 0 Å². The second kappa shape index (κ2) is 10.8. The van der Waals surface area contributed by atoms with Crippen LogP contribution in [0.1, 0.15) is 40.7 Å². The molecule has 0 radical (unpaired) electrons. The molecule has 6 nitrogen and oxygen atoms in total. The molecule has 0 spiro atoms. The Hall–Kier alpha value is -3.46. The number of esters is 1. The summed E-state index contributed by atoms with van der Waals surface area (Å²) in [5.41, 5.74) is 3.18. The van der Waals surface area contributed by atoms with Crippen molar-refractivity contribution in [2.45, 2.75) is 33.1 Å². The molecule has 29 heavy (non-hydrogen) atoms. The number of amides is 1. The number of ketones is 1. The molecule has 0 aliphatic rings. The van der Waals surface area contributed by atoms with E-state index in [0.29, 0.717) is 11.3 Å². The van der Waals surface area contributed by atoms with Gasteiger partial charge in [0.2, 0.25) is 0 Å². The van der Waals surface area contributed by atoms with Crippen molar-refractivity contribution in [3.63, 3.8) is 0 Å². The van der Waals surface area contributed by atoms with Gasteiger partial charge in [-0.3, -0.25) is 14.4 Å². The highest BCUT2D eigenvalue weighted by Crippen LogP contribution is 2.19. The predicted molar refractivity (Wildman–Crippen MR) is 109 cm³/mol. The highest BCUT2D eigenvalue weighted by molar-refractivity contribution is 5.98. The molecule has 0 bridgehead atoms. The Labute approximate surface area is 170 Å². The molecule has 0 aliphatic heterocycles. The summed E-state index contributed by atoms with van der Waals surface area (Å²) in [5.74, 6) is -1.17. The maximum absolute atomic E-state index is 12.6. The van der Waals surface area contributed by atoms with Gasteiger partial charge in [0, 0.05) is 24.2 Å².